The van der Waals surface area contributed by atoms with Crippen LogP contribution in [0.1, 0.15) is 63.7 Å². The van der Waals surface area contributed by atoms with E-state index >= 15 is 0 Å². The van der Waals surface area contributed by atoms with Crippen LogP contribution >= 0.6 is 0 Å². The first-order valence-electron chi connectivity index (χ1n) is 9.26. The molecular formula is C18H30N6O2. The summed E-state index contributed by atoms with van der Waals surface area (Å²) < 4.78 is 0. The van der Waals surface area contributed by atoms with Crippen molar-refractivity contribution in [1.29, 1.82) is 0 Å². The largest absolute Gasteiger partial charge is 0.367 e. The van der Waals surface area contributed by atoms with Gasteiger partial charge >= 0.3 is 0 Å². The van der Waals surface area contributed by atoms with Crippen LogP contribution in [0.15, 0.2) is 6.20 Å². The zero-order valence-electron chi connectivity index (χ0n) is 16.0. The Labute approximate surface area is 154 Å². The maximum Gasteiger partial charge on any atom is 0.254 e. The van der Waals surface area contributed by atoms with Crippen molar-refractivity contribution in [2.45, 2.75) is 71.5 Å². The molecular weight excluding hydrogens is 332 g/mol. The molecule has 0 radical (unpaired) electrons. The number of primary amides is 1. The molecule has 2 rings (SSSR count). The Balaban J connectivity index is 2.00. The smallest absolute Gasteiger partial charge is 0.254 e. The molecule has 0 spiro atoms. The molecule has 2 amide bonds. The number of aromatic nitrogens is 2. The fourth-order valence-electron chi connectivity index (χ4n) is 2.94. The molecule has 0 bridgehead atoms. The highest BCUT2D eigenvalue weighted by Gasteiger charge is 2.24. The summed E-state index contributed by atoms with van der Waals surface area (Å²) in [5.74, 6) is 0.465. The Morgan fingerprint density at radius 1 is 1.12 bits per heavy atom. The third-order valence-electron chi connectivity index (χ3n) is 4.41. The van der Waals surface area contributed by atoms with Gasteiger partial charge in [0.05, 0.1) is 5.56 Å². The van der Waals surface area contributed by atoms with Crippen LogP contribution in [-0.4, -0.2) is 39.9 Å². The molecule has 1 heterocycles. The van der Waals surface area contributed by atoms with Crippen LogP contribution in [0.3, 0.4) is 0 Å². The molecule has 1 aromatic heterocycles. The van der Waals surface area contributed by atoms with Gasteiger partial charge in [0, 0.05) is 30.2 Å². The third kappa shape index (κ3) is 5.57. The summed E-state index contributed by atoms with van der Waals surface area (Å²) in [4.78, 5) is 32.1. The number of carbonyl (C=O) groups is 2. The Hall–Kier alpha value is -2.38. The summed E-state index contributed by atoms with van der Waals surface area (Å²) in [6.07, 6.45) is 5.02. The van der Waals surface area contributed by atoms with Gasteiger partial charge in [0.2, 0.25) is 11.9 Å². The molecule has 0 aromatic carbocycles. The predicted molar refractivity (Wildman–Crippen MR) is 102 cm³/mol. The number of hydrogen-bond donors (Lipinski definition) is 4. The van der Waals surface area contributed by atoms with E-state index in [1.807, 2.05) is 27.7 Å². The second kappa shape index (κ2) is 8.82. The molecule has 26 heavy (non-hydrogen) atoms. The number of nitrogens with zero attached hydrogens (tertiary/aromatic N) is 2. The van der Waals surface area contributed by atoms with Crippen LogP contribution in [0.5, 0.6) is 0 Å². The molecule has 0 aliphatic heterocycles. The van der Waals surface area contributed by atoms with Gasteiger partial charge < -0.3 is 21.7 Å². The summed E-state index contributed by atoms with van der Waals surface area (Å²) in [5.41, 5.74) is 5.74. The lowest BCUT2D eigenvalue weighted by molar-refractivity contribution is -0.124. The van der Waals surface area contributed by atoms with Gasteiger partial charge in [0.25, 0.3) is 5.91 Å². The van der Waals surface area contributed by atoms with E-state index in [2.05, 4.69) is 25.9 Å². The van der Waals surface area contributed by atoms with Crippen LogP contribution in [-0.2, 0) is 4.79 Å². The minimum absolute atomic E-state index is 0.00290. The molecule has 8 nitrogen and oxygen atoms in total. The molecule has 1 fully saturated rings. The fourth-order valence-corrected chi connectivity index (χ4v) is 2.94. The van der Waals surface area contributed by atoms with Crippen LogP contribution < -0.4 is 21.7 Å². The minimum atomic E-state index is -0.554. The van der Waals surface area contributed by atoms with Crippen LogP contribution in [0.2, 0.25) is 0 Å². The molecule has 1 aliphatic rings. The normalized spacial score (nSPS) is 20.1. The van der Waals surface area contributed by atoms with E-state index in [1.165, 1.54) is 6.20 Å². The van der Waals surface area contributed by atoms with E-state index in [0.29, 0.717) is 11.8 Å². The van der Waals surface area contributed by atoms with Crippen molar-refractivity contribution in [3.05, 3.63) is 11.8 Å². The first kappa shape index (κ1) is 19.9. The quantitative estimate of drug-likeness (QED) is 0.587. The molecule has 144 valence electrons. The van der Waals surface area contributed by atoms with E-state index in [4.69, 9.17) is 5.73 Å². The number of hydrogen-bond acceptors (Lipinski definition) is 6. The third-order valence-corrected chi connectivity index (χ3v) is 4.41. The first-order valence-corrected chi connectivity index (χ1v) is 9.26. The van der Waals surface area contributed by atoms with Gasteiger partial charge in [-0.05, 0) is 39.5 Å². The lowest BCUT2D eigenvalue weighted by atomic mass is 9.90. The summed E-state index contributed by atoms with van der Waals surface area (Å²) >= 11 is 0. The second-order valence-corrected chi connectivity index (χ2v) is 7.48. The highest BCUT2D eigenvalue weighted by Crippen LogP contribution is 2.24. The van der Waals surface area contributed by atoms with E-state index in [0.717, 1.165) is 25.7 Å². The van der Waals surface area contributed by atoms with Gasteiger partial charge in [-0.3, -0.25) is 9.59 Å². The summed E-state index contributed by atoms with van der Waals surface area (Å²) in [5, 5.41) is 9.55. The minimum Gasteiger partial charge on any atom is -0.367 e. The van der Waals surface area contributed by atoms with Crippen LogP contribution in [0, 0.1) is 5.92 Å². The van der Waals surface area contributed by atoms with E-state index in [-0.39, 0.29) is 35.5 Å². The highest BCUT2D eigenvalue weighted by atomic mass is 16.2. The molecule has 0 saturated heterocycles. The number of carbonyl (C=O) groups excluding carboxylic acids is 2. The van der Waals surface area contributed by atoms with E-state index < -0.39 is 5.91 Å². The molecule has 5 N–H and O–H groups in total. The second-order valence-electron chi connectivity index (χ2n) is 7.48. The van der Waals surface area contributed by atoms with Crippen molar-refractivity contribution in [2.24, 2.45) is 11.7 Å². The molecule has 1 aliphatic carbocycles. The van der Waals surface area contributed by atoms with E-state index in [1.54, 1.807) is 0 Å². The van der Waals surface area contributed by atoms with E-state index in [9.17, 15) is 9.59 Å². The monoisotopic (exact) mass is 362 g/mol. The SMILES string of the molecule is CC(C)Nc1ncc(C(N)=O)c(N[C@H]2CC[C@@H](NC(=O)C(C)C)CC2)n1. The average molecular weight is 362 g/mol. The predicted octanol–water partition coefficient (Wildman–Crippen LogP) is 1.89. The Morgan fingerprint density at radius 2 is 1.73 bits per heavy atom. The fraction of sp³-hybridized carbons (Fsp3) is 0.667. The van der Waals surface area contributed by atoms with Crippen molar-refractivity contribution < 1.29 is 9.59 Å². The molecule has 0 unspecified atom stereocenters. The number of nitrogens with two attached hydrogens (primary N) is 1. The Bertz CT molecular complexity index is 639. The Morgan fingerprint density at radius 3 is 2.27 bits per heavy atom. The van der Waals surface area contributed by atoms with Gasteiger partial charge in [0.1, 0.15) is 5.82 Å². The van der Waals surface area contributed by atoms with Gasteiger partial charge in [-0.25, -0.2) is 4.98 Å². The molecule has 1 aromatic rings. The summed E-state index contributed by atoms with van der Waals surface area (Å²) in [7, 11) is 0. The lowest BCUT2D eigenvalue weighted by Gasteiger charge is -2.30. The standard InChI is InChI=1S/C18H30N6O2/c1-10(2)17(26)23-13-7-5-12(6-8-13)22-16-14(15(19)25)9-20-18(24-16)21-11(3)4/h9-13H,5-8H2,1-4H3,(H2,19,25)(H,23,26)(H2,20,21,22,24)/t12-,13+. The van der Waals surface area contributed by atoms with Crippen LogP contribution in [0.25, 0.3) is 0 Å². The van der Waals surface area contributed by atoms with Crippen LogP contribution in [0.4, 0.5) is 11.8 Å². The molecule has 0 atom stereocenters. The topological polar surface area (TPSA) is 122 Å². The van der Waals surface area contributed by atoms with Crippen molar-refractivity contribution in [3.8, 4) is 0 Å². The highest BCUT2D eigenvalue weighted by molar-refractivity contribution is 5.97. The zero-order chi connectivity index (χ0) is 19.3. The first-order chi connectivity index (χ1) is 12.3. The van der Waals surface area contributed by atoms with Crippen molar-refractivity contribution >= 4 is 23.6 Å². The lowest BCUT2D eigenvalue weighted by Crippen LogP contribution is -2.42. The number of nitrogens with one attached hydrogen (secondary N) is 3. The number of rotatable bonds is 7. The zero-order valence-corrected chi connectivity index (χ0v) is 16.0. The maximum absolute atomic E-state index is 11.8. The summed E-state index contributed by atoms with van der Waals surface area (Å²) in [6.45, 7) is 7.77. The van der Waals surface area contributed by atoms with Crippen molar-refractivity contribution in [3.63, 3.8) is 0 Å². The number of anilines is 2. The van der Waals surface area contributed by atoms with Gasteiger partial charge in [-0.2, -0.15) is 4.98 Å². The average Bonchev–Trinajstić information content (AvgIpc) is 2.56. The van der Waals surface area contributed by atoms with Gasteiger partial charge in [-0.1, -0.05) is 13.8 Å². The van der Waals surface area contributed by atoms with Gasteiger partial charge in [-0.15, -0.1) is 0 Å². The number of amides is 2. The van der Waals surface area contributed by atoms with Gasteiger partial charge in [0.15, 0.2) is 0 Å². The molecule has 8 heteroatoms. The van der Waals surface area contributed by atoms with Crippen molar-refractivity contribution in [2.75, 3.05) is 10.6 Å². The van der Waals surface area contributed by atoms with Crippen molar-refractivity contribution in [1.82, 2.24) is 15.3 Å². The maximum atomic E-state index is 11.8. The summed E-state index contributed by atoms with van der Waals surface area (Å²) in [6, 6.07) is 0.575. The Kier molecular flexibility index (Phi) is 6.76. The molecule has 1 saturated carbocycles.